The summed E-state index contributed by atoms with van der Waals surface area (Å²) in [5.41, 5.74) is -0.182. The molecule has 0 unspecified atom stereocenters. The normalized spacial score (nSPS) is 11.1. The summed E-state index contributed by atoms with van der Waals surface area (Å²) in [6.45, 7) is 0. The van der Waals surface area contributed by atoms with Gasteiger partial charge in [0.25, 0.3) is 0 Å². The van der Waals surface area contributed by atoms with Gasteiger partial charge in [0.1, 0.15) is 11.5 Å². The Morgan fingerprint density at radius 3 is 1.94 bits per heavy atom. The summed E-state index contributed by atoms with van der Waals surface area (Å²) in [5.74, 6) is -0.788. The zero-order valence-corrected chi connectivity index (χ0v) is 10.2. The van der Waals surface area contributed by atoms with Crippen LogP contribution in [-0.4, -0.2) is 24.8 Å². The maximum atomic E-state index is 12.8. The monoisotopic (exact) mass is 294 g/mol. The van der Waals surface area contributed by atoms with Crippen LogP contribution < -0.4 is 9.47 Å². The molecule has 0 saturated heterocycles. The van der Waals surface area contributed by atoms with Gasteiger partial charge in [0.05, 0.1) is 14.2 Å². The van der Waals surface area contributed by atoms with Crippen LogP contribution in [0, 0.1) is 0 Å². The highest BCUT2D eigenvalue weighted by molar-refractivity contribution is 9.10. The second kappa shape index (κ2) is 4.78. The van der Waals surface area contributed by atoms with E-state index in [9.17, 15) is 13.6 Å². The van der Waals surface area contributed by atoms with Gasteiger partial charge in [0.15, 0.2) is 0 Å². The number of carbonyl (C=O) groups is 1. The van der Waals surface area contributed by atoms with Gasteiger partial charge < -0.3 is 9.47 Å². The van der Waals surface area contributed by atoms with Crippen molar-refractivity contribution in [2.75, 3.05) is 14.2 Å². The van der Waals surface area contributed by atoms with E-state index in [1.165, 1.54) is 32.4 Å². The first-order valence-corrected chi connectivity index (χ1v) is 5.02. The van der Waals surface area contributed by atoms with Crippen LogP contribution in [0.4, 0.5) is 8.78 Å². The lowest BCUT2D eigenvalue weighted by Gasteiger charge is -2.10. The van der Waals surface area contributed by atoms with Crippen LogP contribution in [0.2, 0.25) is 0 Å². The van der Waals surface area contributed by atoms with Gasteiger partial charge in [0, 0.05) is 11.6 Å². The van der Waals surface area contributed by atoms with Crippen LogP contribution >= 0.6 is 15.9 Å². The largest absolute Gasteiger partial charge is 0.497 e. The van der Waals surface area contributed by atoms with Crippen LogP contribution in [0.15, 0.2) is 18.2 Å². The second-order valence-corrected chi connectivity index (χ2v) is 3.92. The molecule has 0 aliphatic rings. The number of alkyl halides is 3. The molecule has 0 bridgehead atoms. The molecule has 1 rings (SSSR count). The molecule has 88 valence electrons. The molecule has 0 heterocycles. The van der Waals surface area contributed by atoms with E-state index in [0.717, 1.165) is 0 Å². The van der Waals surface area contributed by atoms with Crippen molar-refractivity contribution in [2.24, 2.45) is 0 Å². The summed E-state index contributed by atoms with van der Waals surface area (Å²) in [7, 11) is 2.74. The summed E-state index contributed by atoms with van der Waals surface area (Å²) in [5, 5.41) is 0. The first-order valence-electron chi connectivity index (χ1n) is 4.23. The number of Topliss-reactive ketones (excluding diaryl/α,β-unsaturated/α-hetero) is 1. The highest BCUT2D eigenvalue weighted by atomic mass is 79.9. The van der Waals surface area contributed by atoms with Gasteiger partial charge in [-0.15, -0.1) is 0 Å². The molecule has 0 radical (unpaired) electrons. The van der Waals surface area contributed by atoms with Crippen molar-refractivity contribution in [1.29, 1.82) is 0 Å². The van der Waals surface area contributed by atoms with Gasteiger partial charge in [-0.25, -0.2) is 0 Å². The summed E-state index contributed by atoms with van der Waals surface area (Å²) >= 11 is 2.01. The molecule has 1 aromatic rings. The van der Waals surface area contributed by atoms with E-state index >= 15 is 0 Å². The average molecular weight is 295 g/mol. The van der Waals surface area contributed by atoms with Gasteiger partial charge in [-0.1, -0.05) is 0 Å². The van der Waals surface area contributed by atoms with E-state index in [0.29, 0.717) is 0 Å². The predicted molar refractivity (Wildman–Crippen MR) is 57.8 cm³/mol. The molecule has 0 aliphatic heterocycles. The number of ether oxygens (including phenoxy) is 2. The van der Waals surface area contributed by atoms with Crippen molar-refractivity contribution < 1.29 is 23.0 Å². The minimum atomic E-state index is -3.59. The van der Waals surface area contributed by atoms with E-state index in [1.54, 1.807) is 0 Å². The Balaban J connectivity index is 3.18. The third-order valence-electron chi connectivity index (χ3n) is 1.87. The topological polar surface area (TPSA) is 35.5 Å². The van der Waals surface area contributed by atoms with Crippen molar-refractivity contribution in [3.63, 3.8) is 0 Å². The molecule has 0 saturated carbocycles. The minimum Gasteiger partial charge on any atom is -0.497 e. The minimum absolute atomic E-state index is 0.182. The van der Waals surface area contributed by atoms with Crippen LogP contribution in [0.5, 0.6) is 11.5 Å². The van der Waals surface area contributed by atoms with Crippen LogP contribution in [-0.2, 0) is 0 Å². The fourth-order valence-corrected chi connectivity index (χ4v) is 1.33. The van der Waals surface area contributed by atoms with E-state index in [-0.39, 0.29) is 17.1 Å². The first-order chi connectivity index (χ1) is 7.38. The lowest BCUT2D eigenvalue weighted by atomic mass is 10.1. The molecule has 0 amide bonds. The zero-order chi connectivity index (χ0) is 12.3. The van der Waals surface area contributed by atoms with Gasteiger partial charge >= 0.3 is 4.83 Å². The third kappa shape index (κ3) is 2.91. The predicted octanol–water partition coefficient (Wildman–Crippen LogP) is 2.87. The summed E-state index contributed by atoms with van der Waals surface area (Å²) in [6, 6.07) is 3.93. The first kappa shape index (κ1) is 12.9. The Labute approximate surface area is 99.5 Å². The van der Waals surface area contributed by atoms with Gasteiger partial charge in [-0.05, 0) is 28.1 Å². The molecular formula is C10H9BrF2O3. The summed E-state index contributed by atoms with van der Waals surface area (Å²) in [4.78, 5) is 7.70. The Morgan fingerprint density at radius 2 is 1.62 bits per heavy atom. The van der Waals surface area contributed by atoms with Gasteiger partial charge in [-0.3, -0.25) is 4.79 Å². The number of hydrogen-bond donors (Lipinski definition) is 0. The molecule has 0 aliphatic carbocycles. The Kier molecular flexibility index (Phi) is 3.85. The SMILES string of the molecule is COc1cc(OC)cc(C(=O)C(F)(F)Br)c1. The smallest absolute Gasteiger partial charge is 0.363 e. The molecule has 0 aromatic heterocycles. The lowest BCUT2D eigenvalue weighted by Crippen LogP contribution is -2.20. The molecule has 16 heavy (non-hydrogen) atoms. The van der Waals surface area contributed by atoms with Crippen molar-refractivity contribution in [1.82, 2.24) is 0 Å². The van der Waals surface area contributed by atoms with Gasteiger partial charge in [-0.2, -0.15) is 8.78 Å². The van der Waals surface area contributed by atoms with Crippen LogP contribution in [0.25, 0.3) is 0 Å². The second-order valence-electron chi connectivity index (χ2n) is 2.93. The fourth-order valence-electron chi connectivity index (χ4n) is 1.10. The molecule has 0 atom stereocenters. The number of carbonyl (C=O) groups excluding carboxylic acids is 1. The van der Waals surface area contributed by atoms with E-state index in [4.69, 9.17) is 9.47 Å². The van der Waals surface area contributed by atoms with Crippen molar-refractivity contribution >= 4 is 21.7 Å². The fraction of sp³-hybridized carbons (Fsp3) is 0.300. The maximum absolute atomic E-state index is 12.8. The molecule has 0 spiro atoms. The molecule has 0 N–H and O–H groups in total. The molecular weight excluding hydrogens is 286 g/mol. The standard InChI is InChI=1S/C10H9BrF2O3/c1-15-7-3-6(4-8(5-7)16-2)9(14)10(11,12)13/h3-5H,1-2H3. The summed E-state index contributed by atoms with van der Waals surface area (Å²) in [6.07, 6.45) is 0. The Hall–Kier alpha value is -1.17. The highest BCUT2D eigenvalue weighted by Crippen LogP contribution is 2.30. The Morgan fingerprint density at radius 1 is 1.19 bits per heavy atom. The third-order valence-corrected chi connectivity index (χ3v) is 2.23. The summed E-state index contributed by atoms with van der Waals surface area (Å²) < 4.78 is 35.3. The van der Waals surface area contributed by atoms with Crippen LogP contribution in [0.1, 0.15) is 10.4 Å². The number of rotatable bonds is 4. The van der Waals surface area contributed by atoms with Crippen molar-refractivity contribution in [3.05, 3.63) is 23.8 Å². The average Bonchev–Trinajstić information content (AvgIpc) is 2.26. The van der Waals surface area contributed by atoms with Gasteiger partial charge in [0.2, 0.25) is 5.78 Å². The molecule has 0 fully saturated rings. The number of hydrogen-bond acceptors (Lipinski definition) is 3. The number of methoxy groups -OCH3 is 2. The number of halogens is 3. The van der Waals surface area contributed by atoms with Crippen molar-refractivity contribution in [3.8, 4) is 11.5 Å². The van der Waals surface area contributed by atoms with E-state index in [1.807, 2.05) is 15.9 Å². The van der Waals surface area contributed by atoms with Crippen molar-refractivity contribution in [2.45, 2.75) is 4.83 Å². The van der Waals surface area contributed by atoms with Crippen LogP contribution in [0.3, 0.4) is 0 Å². The maximum Gasteiger partial charge on any atom is 0.363 e. The van der Waals surface area contributed by atoms with E-state index in [2.05, 4.69) is 0 Å². The highest BCUT2D eigenvalue weighted by Gasteiger charge is 2.36. The number of ketones is 1. The Bertz CT molecular complexity index is 379. The quantitative estimate of drug-likeness (QED) is 0.633. The molecule has 1 aromatic carbocycles. The lowest BCUT2D eigenvalue weighted by molar-refractivity contribution is 0.0592. The molecule has 3 nitrogen and oxygen atoms in total. The number of benzene rings is 1. The van der Waals surface area contributed by atoms with E-state index < -0.39 is 10.6 Å². The zero-order valence-electron chi connectivity index (χ0n) is 8.59. The molecule has 6 heteroatoms.